The van der Waals surface area contributed by atoms with Gasteiger partial charge in [0.1, 0.15) is 17.1 Å². The van der Waals surface area contributed by atoms with Gasteiger partial charge in [-0.25, -0.2) is 4.98 Å². The molecule has 29 heavy (non-hydrogen) atoms. The Bertz CT molecular complexity index is 829. The van der Waals surface area contributed by atoms with Gasteiger partial charge in [-0.1, -0.05) is 18.9 Å². The summed E-state index contributed by atoms with van der Waals surface area (Å²) in [5.41, 5.74) is 7.36. The van der Waals surface area contributed by atoms with Crippen LogP contribution in [0.4, 0.5) is 11.5 Å². The predicted molar refractivity (Wildman–Crippen MR) is 115 cm³/mol. The van der Waals surface area contributed by atoms with E-state index in [0.717, 1.165) is 63.1 Å². The summed E-state index contributed by atoms with van der Waals surface area (Å²) in [6.45, 7) is 1.65. The molecule has 1 amide bonds. The number of anilines is 2. The molecule has 0 spiro atoms. The maximum absolute atomic E-state index is 13.5. The van der Waals surface area contributed by atoms with E-state index >= 15 is 0 Å². The zero-order chi connectivity index (χ0) is 20.3. The van der Waals surface area contributed by atoms with E-state index < -0.39 is 5.54 Å². The first-order valence-corrected chi connectivity index (χ1v) is 10.5. The predicted octanol–water partition coefficient (Wildman–Crippen LogP) is 3.49. The monoisotopic (exact) mass is 394 g/mol. The van der Waals surface area contributed by atoms with Gasteiger partial charge in [0.2, 0.25) is 5.91 Å². The molecular formula is C23H30N4O2. The van der Waals surface area contributed by atoms with Gasteiger partial charge in [-0.15, -0.1) is 0 Å². The first-order chi connectivity index (χ1) is 14.1. The lowest BCUT2D eigenvalue weighted by Crippen LogP contribution is -2.51. The lowest BCUT2D eigenvalue weighted by molar-refractivity contribution is -0.135. The van der Waals surface area contributed by atoms with E-state index in [-0.39, 0.29) is 5.91 Å². The highest BCUT2D eigenvalue weighted by molar-refractivity contribution is 5.90. The van der Waals surface area contributed by atoms with Crippen LogP contribution in [0.5, 0.6) is 5.75 Å². The van der Waals surface area contributed by atoms with Gasteiger partial charge >= 0.3 is 0 Å². The van der Waals surface area contributed by atoms with E-state index in [1.165, 1.54) is 5.56 Å². The second-order valence-electron chi connectivity index (χ2n) is 8.34. The topological polar surface area (TPSA) is 80.5 Å². The van der Waals surface area contributed by atoms with Crippen molar-refractivity contribution >= 4 is 17.4 Å². The number of carbonyl (C=O) groups is 1. The van der Waals surface area contributed by atoms with E-state index in [1.807, 2.05) is 42.6 Å². The van der Waals surface area contributed by atoms with Gasteiger partial charge in [0, 0.05) is 25.0 Å². The highest BCUT2D eigenvalue weighted by Gasteiger charge is 2.45. The van der Waals surface area contributed by atoms with Crippen molar-refractivity contribution in [1.82, 2.24) is 9.88 Å². The number of carbonyl (C=O) groups excluding carboxylic acids is 1. The molecular weight excluding hydrogens is 364 g/mol. The minimum Gasteiger partial charge on any atom is -0.497 e. The van der Waals surface area contributed by atoms with Gasteiger partial charge < -0.3 is 20.7 Å². The van der Waals surface area contributed by atoms with Crippen LogP contribution in [0.15, 0.2) is 42.6 Å². The van der Waals surface area contributed by atoms with Gasteiger partial charge in [0.15, 0.2) is 0 Å². The molecule has 2 fully saturated rings. The fourth-order valence-electron chi connectivity index (χ4n) is 4.70. The summed E-state index contributed by atoms with van der Waals surface area (Å²) in [4.78, 5) is 19.8. The molecule has 1 aromatic heterocycles. The van der Waals surface area contributed by atoms with E-state index in [4.69, 9.17) is 10.5 Å². The molecule has 3 N–H and O–H groups in total. The Morgan fingerprint density at radius 3 is 2.66 bits per heavy atom. The van der Waals surface area contributed by atoms with Crippen molar-refractivity contribution in [1.29, 1.82) is 0 Å². The molecule has 2 aliphatic rings. The van der Waals surface area contributed by atoms with Crippen LogP contribution in [-0.4, -0.2) is 41.5 Å². The molecule has 6 nitrogen and oxygen atoms in total. The number of aromatic nitrogens is 1. The van der Waals surface area contributed by atoms with Crippen LogP contribution in [0.25, 0.3) is 0 Å². The Morgan fingerprint density at radius 1 is 1.24 bits per heavy atom. The van der Waals surface area contributed by atoms with E-state index in [1.54, 1.807) is 7.11 Å². The number of nitrogens with two attached hydrogens (primary N) is 1. The number of likely N-dealkylation sites (tertiary alicyclic amines) is 1. The smallest absolute Gasteiger partial charge is 0.248 e. The summed E-state index contributed by atoms with van der Waals surface area (Å²) in [5.74, 6) is 2.10. The van der Waals surface area contributed by atoms with Crippen LogP contribution >= 0.6 is 0 Å². The van der Waals surface area contributed by atoms with Crippen molar-refractivity contribution in [2.24, 2.45) is 5.92 Å². The zero-order valence-corrected chi connectivity index (χ0v) is 17.1. The molecule has 1 aliphatic carbocycles. The number of pyridine rings is 1. The van der Waals surface area contributed by atoms with Gasteiger partial charge in [-0.05, 0) is 67.5 Å². The van der Waals surface area contributed by atoms with Gasteiger partial charge in [0.25, 0.3) is 0 Å². The number of ether oxygens (including phenoxy) is 1. The normalized spacial score (nSPS) is 20.6. The number of nitrogen functional groups attached to an aromatic ring is 1. The summed E-state index contributed by atoms with van der Waals surface area (Å²) in [6.07, 6.45) is 7.78. The fourth-order valence-corrected chi connectivity index (χ4v) is 4.70. The van der Waals surface area contributed by atoms with Crippen molar-refractivity contribution in [3.8, 4) is 5.75 Å². The Balaban J connectivity index is 1.42. The van der Waals surface area contributed by atoms with Crippen LogP contribution in [-0.2, 0) is 11.2 Å². The quantitative estimate of drug-likeness (QED) is 0.784. The molecule has 1 unspecified atom stereocenters. The number of nitrogens with zero attached hydrogens (tertiary/aromatic N) is 2. The number of nitrogens with one attached hydrogen (secondary N) is 1. The second kappa shape index (κ2) is 8.31. The van der Waals surface area contributed by atoms with E-state index in [9.17, 15) is 4.79 Å². The summed E-state index contributed by atoms with van der Waals surface area (Å²) in [5, 5.41) is 3.58. The molecule has 6 heteroatoms. The third-order valence-electron chi connectivity index (χ3n) is 6.29. The van der Waals surface area contributed by atoms with Crippen LogP contribution < -0.4 is 15.8 Å². The summed E-state index contributed by atoms with van der Waals surface area (Å²) < 4.78 is 5.25. The maximum atomic E-state index is 13.5. The Hall–Kier alpha value is -2.76. The van der Waals surface area contributed by atoms with Crippen molar-refractivity contribution in [2.45, 2.75) is 44.1 Å². The lowest BCUT2D eigenvalue weighted by Gasteiger charge is -2.34. The molecule has 0 bridgehead atoms. The average Bonchev–Trinajstić information content (AvgIpc) is 3.40. The molecule has 0 radical (unpaired) electrons. The first-order valence-electron chi connectivity index (χ1n) is 10.5. The minimum absolute atomic E-state index is 0.253. The summed E-state index contributed by atoms with van der Waals surface area (Å²) >= 11 is 0. The molecule has 4 rings (SSSR count). The third kappa shape index (κ3) is 4.31. The molecule has 1 saturated heterocycles. The Kier molecular flexibility index (Phi) is 5.60. The van der Waals surface area contributed by atoms with E-state index in [2.05, 4.69) is 15.2 Å². The number of rotatable bonds is 6. The van der Waals surface area contributed by atoms with Crippen LogP contribution in [0, 0.1) is 5.92 Å². The molecule has 2 heterocycles. The van der Waals surface area contributed by atoms with Crippen molar-refractivity contribution < 1.29 is 9.53 Å². The number of hydrogen-bond acceptors (Lipinski definition) is 5. The van der Waals surface area contributed by atoms with Crippen molar-refractivity contribution in [3.63, 3.8) is 0 Å². The first kappa shape index (κ1) is 19.6. The second-order valence-corrected chi connectivity index (χ2v) is 8.34. The van der Waals surface area contributed by atoms with Crippen LogP contribution in [0.3, 0.4) is 0 Å². The molecule has 154 valence electrons. The van der Waals surface area contributed by atoms with Gasteiger partial charge in [-0.2, -0.15) is 0 Å². The largest absolute Gasteiger partial charge is 0.497 e. The number of benzene rings is 1. The summed E-state index contributed by atoms with van der Waals surface area (Å²) in [6, 6.07) is 11.7. The van der Waals surface area contributed by atoms with Gasteiger partial charge in [-0.3, -0.25) is 4.79 Å². The number of methoxy groups -OCH3 is 1. The summed E-state index contributed by atoms with van der Waals surface area (Å²) in [7, 11) is 1.66. The standard InChI is InChI=1S/C23H30N4O2/c1-29-20-7-5-19(6-8-20)26-23(11-2-3-12-23)22(28)27-13-10-18(16-27)14-17-4-9-21(24)25-15-17/h4-9,15,18,26H,2-3,10-14,16H2,1H3,(H2,24,25). The highest BCUT2D eigenvalue weighted by Crippen LogP contribution is 2.36. The van der Waals surface area contributed by atoms with Gasteiger partial charge in [0.05, 0.1) is 7.11 Å². The molecule has 1 aliphatic heterocycles. The maximum Gasteiger partial charge on any atom is 0.248 e. The van der Waals surface area contributed by atoms with Crippen LogP contribution in [0.2, 0.25) is 0 Å². The van der Waals surface area contributed by atoms with Crippen LogP contribution in [0.1, 0.15) is 37.7 Å². The number of hydrogen-bond donors (Lipinski definition) is 2. The molecule has 1 saturated carbocycles. The molecule has 2 aromatic rings. The van der Waals surface area contributed by atoms with E-state index in [0.29, 0.717) is 11.7 Å². The molecule has 1 atom stereocenters. The number of amides is 1. The SMILES string of the molecule is COc1ccc(NC2(C(=O)N3CCC(Cc4ccc(N)nc4)C3)CCCC2)cc1. The van der Waals surface area contributed by atoms with Crippen molar-refractivity contribution in [2.75, 3.05) is 31.2 Å². The highest BCUT2D eigenvalue weighted by atomic mass is 16.5. The molecule has 1 aromatic carbocycles. The van der Waals surface area contributed by atoms with Crippen molar-refractivity contribution in [3.05, 3.63) is 48.2 Å². The third-order valence-corrected chi connectivity index (χ3v) is 6.29. The Morgan fingerprint density at radius 2 is 2.00 bits per heavy atom. The fraction of sp³-hybridized carbons (Fsp3) is 0.478. The Labute approximate surface area is 172 Å². The zero-order valence-electron chi connectivity index (χ0n) is 17.1. The lowest BCUT2D eigenvalue weighted by atomic mass is 9.94. The average molecular weight is 395 g/mol. The minimum atomic E-state index is -0.480.